The molecule has 2 aliphatic rings. The predicted octanol–water partition coefficient (Wildman–Crippen LogP) is 4.08. The van der Waals surface area contributed by atoms with E-state index in [9.17, 15) is 13.6 Å². The molecule has 0 amide bonds. The number of nitrogens with two attached hydrogens (primary N) is 1. The van der Waals surface area contributed by atoms with Gasteiger partial charge in [-0.05, 0) is 44.4 Å². The number of ether oxygens (including phenoxy) is 1. The van der Waals surface area contributed by atoms with Crippen molar-refractivity contribution in [3.8, 4) is 5.75 Å². The van der Waals surface area contributed by atoms with E-state index in [1.807, 2.05) is 0 Å². The van der Waals surface area contributed by atoms with Gasteiger partial charge in [-0.25, -0.2) is 13.8 Å². The van der Waals surface area contributed by atoms with Gasteiger partial charge in [0.2, 0.25) is 0 Å². The van der Waals surface area contributed by atoms with Crippen LogP contribution in [0.15, 0.2) is 16.9 Å². The van der Waals surface area contributed by atoms with Crippen molar-refractivity contribution in [2.24, 2.45) is 11.7 Å². The molecule has 2 saturated carbocycles. The van der Waals surface area contributed by atoms with Gasteiger partial charge in [-0.15, -0.1) is 0 Å². The first kappa shape index (κ1) is 20.6. The van der Waals surface area contributed by atoms with E-state index in [1.165, 1.54) is 12.5 Å². The molecule has 1 heterocycles. The van der Waals surface area contributed by atoms with Crippen LogP contribution >= 0.6 is 11.8 Å². The molecule has 0 bridgehead atoms. The first-order valence-electron chi connectivity index (χ1n) is 10.3. The van der Waals surface area contributed by atoms with Crippen LogP contribution in [0.2, 0.25) is 0 Å². The molecule has 0 radical (unpaired) electrons. The fourth-order valence-electron chi connectivity index (χ4n) is 3.95. The van der Waals surface area contributed by atoms with Crippen LogP contribution in [-0.2, 0) is 5.75 Å². The normalized spacial score (nSPS) is 25.1. The van der Waals surface area contributed by atoms with Gasteiger partial charge < -0.3 is 15.5 Å². The number of fused-ring (bicyclic) bond motifs is 1. The average Bonchev–Trinajstić information content (AvgIpc) is 2.66. The minimum atomic E-state index is -1.24. The lowest BCUT2D eigenvalue weighted by molar-refractivity contribution is 0.119. The third-order valence-electron chi connectivity index (χ3n) is 6.14. The van der Waals surface area contributed by atoms with Gasteiger partial charge in [0.05, 0.1) is 17.9 Å². The van der Waals surface area contributed by atoms with Crippen LogP contribution in [0.5, 0.6) is 5.75 Å². The smallest absolute Gasteiger partial charge is 0.261 e. The Hall–Kier alpha value is -1.67. The predicted molar refractivity (Wildman–Crippen MR) is 112 cm³/mol. The lowest BCUT2D eigenvalue weighted by Crippen LogP contribution is -2.37. The lowest BCUT2D eigenvalue weighted by atomic mass is 9.86. The van der Waals surface area contributed by atoms with E-state index in [-0.39, 0.29) is 11.9 Å². The summed E-state index contributed by atoms with van der Waals surface area (Å²) in [5.41, 5.74) is 4.11. The second kappa shape index (κ2) is 8.60. The molecule has 2 aliphatic carbocycles. The Labute approximate surface area is 172 Å². The second-order valence-corrected chi connectivity index (χ2v) is 9.57. The molecule has 5 nitrogen and oxygen atoms in total. The molecule has 1 aromatic heterocycles. The van der Waals surface area contributed by atoms with Crippen LogP contribution < -0.4 is 16.0 Å². The molecule has 0 saturated heterocycles. The van der Waals surface area contributed by atoms with E-state index < -0.39 is 17.0 Å². The number of nitrogens with zero attached hydrogens (tertiary/aromatic N) is 1. The summed E-state index contributed by atoms with van der Waals surface area (Å²) in [4.78, 5) is 19.5. The molecular formula is C21H27F2N3O2S. The Bertz CT molecular complexity index is 924. The molecule has 2 fully saturated rings. The van der Waals surface area contributed by atoms with Gasteiger partial charge in [0.15, 0.2) is 0 Å². The minimum absolute atomic E-state index is 0.0439. The third-order valence-corrected chi connectivity index (χ3v) is 7.53. The molecule has 0 spiro atoms. The largest absolute Gasteiger partial charge is 0.493 e. The molecular weight excluding hydrogens is 396 g/mol. The number of thioether (sulfide) groups is 1. The highest BCUT2D eigenvalue weighted by molar-refractivity contribution is 7.99. The number of aromatic amines is 1. The van der Waals surface area contributed by atoms with Crippen LogP contribution in [-0.4, -0.2) is 34.0 Å². The molecule has 29 heavy (non-hydrogen) atoms. The maximum absolute atomic E-state index is 14.5. The van der Waals surface area contributed by atoms with Crippen LogP contribution in [0.3, 0.4) is 0 Å². The lowest BCUT2D eigenvalue weighted by Gasteiger charge is -2.32. The van der Waals surface area contributed by atoms with Gasteiger partial charge in [-0.3, -0.25) is 4.79 Å². The van der Waals surface area contributed by atoms with E-state index in [1.54, 1.807) is 17.8 Å². The number of alkyl halides is 1. The number of aromatic nitrogens is 2. The highest BCUT2D eigenvalue weighted by atomic mass is 32.2. The van der Waals surface area contributed by atoms with E-state index in [0.29, 0.717) is 53.5 Å². The third kappa shape index (κ3) is 4.74. The second-order valence-electron chi connectivity index (χ2n) is 8.29. The van der Waals surface area contributed by atoms with Crippen LogP contribution in [0.1, 0.15) is 50.8 Å². The van der Waals surface area contributed by atoms with E-state index in [4.69, 9.17) is 10.5 Å². The summed E-state index contributed by atoms with van der Waals surface area (Å²) in [5.74, 6) is 1.32. The number of nitrogens with one attached hydrogen (secondary N) is 1. The first-order chi connectivity index (χ1) is 14.0. The van der Waals surface area contributed by atoms with Gasteiger partial charge in [0.1, 0.15) is 28.4 Å². The van der Waals surface area contributed by atoms with Gasteiger partial charge in [0, 0.05) is 23.9 Å². The number of halogens is 2. The maximum Gasteiger partial charge on any atom is 0.261 e. The van der Waals surface area contributed by atoms with Crippen molar-refractivity contribution in [1.82, 2.24) is 9.97 Å². The summed E-state index contributed by atoms with van der Waals surface area (Å²) in [7, 11) is 0. The van der Waals surface area contributed by atoms with Gasteiger partial charge in [-0.2, -0.15) is 11.8 Å². The summed E-state index contributed by atoms with van der Waals surface area (Å²) < 4.78 is 34.4. The highest BCUT2D eigenvalue weighted by Gasteiger charge is 2.34. The molecule has 0 atom stereocenters. The number of rotatable bonds is 7. The number of H-pyrrole nitrogens is 1. The van der Waals surface area contributed by atoms with E-state index >= 15 is 0 Å². The summed E-state index contributed by atoms with van der Waals surface area (Å²) >= 11 is 1.65. The van der Waals surface area contributed by atoms with Crippen LogP contribution in [0.4, 0.5) is 8.78 Å². The molecule has 8 heteroatoms. The zero-order valence-corrected chi connectivity index (χ0v) is 17.2. The Kier molecular flexibility index (Phi) is 6.11. The summed E-state index contributed by atoms with van der Waals surface area (Å²) in [6.07, 6.45) is 5.95. The SMILES string of the molecule is NC[C@]1(F)CC[C@@H](SCc2nc3cc(OCC4CCC4)cc(F)c3c(=O)[nH]2)CC1. The summed E-state index contributed by atoms with van der Waals surface area (Å²) in [6, 6.07) is 2.90. The van der Waals surface area contributed by atoms with Crippen molar-refractivity contribution in [3.05, 3.63) is 34.1 Å². The molecule has 0 aliphatic heterocycles. The van der Waals surface area contributed by atoms with Crippen LogP contribution in [0, 0.1) is 11.7 Å². The first-order valence-corrected chi connectivity index (χ1v) is 11.4. The Morgan fingerprint density at radius 1 is 1.28 bits per heavy atom. The molecule has 4 rings (SSSR count). The quantitative estimate of drug-likeness (QED) is 0.701. The van der Waals surface area contributed by atoms with Gasteiger partial charge in [0.25, 0.3) is 5.56 Å². The number of benzene rings is 1. The van der Waals surface area contributed by atoms with Crippen molar-refractivity contribution >= 4 is 22.7 Å². The van der Waals surface area contributed by atoms with Crippen molar-refractivity contribution in [3.63, 3.8) is 0 Å². The Morgan fingerprint density at radius 2 is 2.03 bits per heavy atom. The van der Waals surface area contributed by atoms with Crippen molar-refractivity contribution in [2.45, 2.75) is 61.6 Å². The Balaban J connectivity index is 1.44. The topological polar surface area (TPSA) is 81.0 Å². The van der Waals surface area contributed by atoms with E-state index in [0.717, 1.165) is 25.7 Å². The molecule has 3 N–H and O–H groups in total. The molecule has 2 aromatic rings. The van der Waals surface area contributed by atoms with Crippen LogP contribution in [0.25, 0.3) is 10.9 Å². The fourth-order valence-corrected chi connectivity index (χ4v) is 5.05. The summed E-state index contributed by atoms with van der Waals surface area (Å²) in [6.45, 7) is 0.637. The van der Waals surface area contributed by atoms with Gasteiger partial charge >= 0.3 is 0 Å². The zero-order chi connectivity index (χ0) is 20.4. The maximum atomic E-state index is 14.5. The molecule has 0 unspecified atom stereocenters. The van der Waals surface area contributed by atoms with Gasteiger partial charge in [-0.1, -0.05) is 6.42 Å². The standard InChI is InChI=1S/C21H27F2N3O2S/c22-16-8-14(28-10-13-2-1-3-13)9-17-19(16)20(27)26-18(25-17)11-29-15-4-6-21(23,12-24)7-5-15/h8-9,13,15H,1-7,10-12,24H2,(H,25,26,27)/t15-,21+. The van der Waals surface area contributed by atoms with Crippen molar-refractivity contribution in [2.75, 3.05) is 13.2 Å². The zero-order valence-electron chi connectivity index (χ0n) is 16.4. The average molecular weight is 424 g/mol. The van der Waals surface area contributed by atoms with Crippen molar-refractivity contribution in [1.29, 1.82) is 0 Å². The fraction of sp³-hybridized carbons (Fsp3) is 0.619. The molecule has 1 aromatic carbocycles. The monoisotopic (exact) mass is 423 g/mol. The summed E-state index contributed by atoms with van der Waals surface area (Å²) in [5, 5.41) is 0.262. The van der Waals surface area contributed by atoms with E-state index in [2.05, 4.69) is 9.97 Å². The van der Waals surface area contributed by atoms with Crippen molar-refractivity contribution < 1.29 is 13.5 Å². The number of hydrogen-bond acceptors (Lipinski definition) is 5. The number of hydrogen-bond donors (Lipinski definition) is 2. The molecule has 158 valence electrons. The highest BCUT2D eigenvalue weighted by Crippen LogP contribution is 2.37. The minimum Gasteiger partial charge on any atom is -0.493 e. The Morgan fingerprint density at radius 3 is 2.69 bits per heavy atom.